The van der Waals surface area contributed by atoms with E-state index in [9.17, 15) is 9.59 Å². The van der Waals surface area contributed by atoms with Crippen LogP contribution in [0.4, 0.5) is 0 Å². The van der Waals surface area contributed by atoms with Crippen LogP contribution in [0.3, 0.4) is 0 Å². The Morgan fingerprint density at radius 3 is 1.68 bits per heavy atom. The number of carbonyl (C=O) groups is 2. The van der Waals surface area contributed by atoms with E-state index in [-0.39, 0.29) is 11.8 Å². The molecule has 0 aliphatic carbocycles. The minimum Gasteiger partial charge on any atom is -0.267 e. The minimum atomic E-state index is -0.347. The lowest BCUT2D eigenvalue weighted by Crippen LogP contribution is -2.17. The zero-order valence-electron chi connectivity index (χ0n) is 14.7. The number of hydrogen-bond acceptors (Lipinski definition) is 6. The van der Waals surface area contributed by atoms with Crippen molar-refractivity contribution in [2.75, 3.05) is 0 Å². The molecule has 2 N–H and O–H groups in total. The lowest BCUT2D eigenvalue weighted by Gasteiger charge is -2.00. The van der Waals surface area contributed by atoms with Gasteiger partial charge < -0.3 is 0 Å². The van der Waals surface area contributed by atoms with E-state index in [1.165, 1.54) is 24.8 Å². The number of hydrazone groups is 2. The molecule has 8 nitrogen and oxygen atoms in total. The number of benzene rings is 1. The van der Waals surface area contributed by atoms with Crippen molar-refractivity contribution in [2.24, 2.45) is 10.2 Å². The van der Waals surface area contributed by atoms with Gasteiger partial charge in [-0.15, -0.1) is 0 Å². The van der Waals surface area contributed by atoms with E-state index in [2.05, 4.69) is 31.0 Å². The maximum absolute atomic E-state index is 11.9. The molecular weight excluding hydrogens is 356 g/mol. The smallest absolute Gasteiger partial charge is 0.267 e. The van der Waals surface area contributed by atoms with Crippen LogP contribution >= 0.6 is 0 Å². The van der Waals surface area contributed by atoms with Crippen molar-refractivity contribution < 1.29 is 9.59 Å². The van der Waals surface area contributed by atoms with Gasteiger partial charge in [-0.25, -0.2) is 10.9 Å². The molecule has 3 rings (SSSR count). The van der Waals surface area contributed by atoms with Crippen molar-refractivity contribution in [1.82, 2.24) is 20.8 Å². The molecule has 2 heterocycles. The second-order valence-corrected chi connectivity index (χ2v) is 5.55. The summed E-state index contributed by atoms with van der Waals surface area (Å²) in [5.41, 5.74) is 7.23. The number of aromatic nitrogens is 2. The van der Waals surface area contributed by atoms with E-state index in [1.807, 2.05) is 18.2 Å². The number of nitrogens with zero attached hydrogens (tertiary/aromatic N) is 4. The fraction of sp³-hybridized carbons (Fsp3) is 0. The molecule has 0 spiro atoms. The number of rotatable bonds is 6. The Morgan fingerprint density at radius 2 is 1.25 bits per heavy atom. The summed E-state index contributed by atoms with van der Waals surface area (Å²) in [5, 5.41) is 7.87. The summed E-state index contributed by atoms with van der Waals surface area (Å²) >= 11 is 0. The van der Waals surface area contributed by atoms with Crippen LogP contribution < -0.4 is 10.9 Å². The van der Waals surface area contributed by atoms with Crippen LogP contribution in [-0.2, 0) is 0 Å². The zero-order chi connectivity index (χ0) is 19.6. The molecule has 0 saturated carbocycles. The van der Waals surface area contributed by atoms with E-state index in [0.29, 0.717) is 11.1 Å². The number of nitrogens with one attached hydrogen (secondary N) is 2. The first-order chi connectivity index (χ1) is 13.7. The molecule has 0 aliphatic rings. The fourth-order valence-corrected chi connectivity index (χ4v) is 2.17. The average Bonchev–Trinajstić information content (AvgIpc) is 2.75. The van der Waals surface area contributed by atoms with Gasteiger partial charge in [0.05, 0.1) is 23.6 Å². The topological polar surface area (TPSA) is 109 Å². The number of hydrogen-bond donors (Lipinski definition) is 2. The quantitative estimate of drug-likeness (QED) is 0.509. The molecule has 0 unspecified atom stereocenters. The predicted octanol–water partition coefficient (Wildman–Crippen LogP) is 2.00. The highest BCUT2D eigenvalue weighted by molar-refractivity contribution is 5.95. The molecule has 0 atom stereocenters. The molecular formula is C20H16N6O2. The Bertz CT molecular complexity index is 925. The Hall–Kier alpha value is -4.20. The van der Waals surface area contributed by atoms with Gasteiger partial charge >= 0.3 is 0 Å². The zero-order valence-corrected chi connectivity index (χ0v) is 14.7. The third-order valence-electron chi connectivity index (χ3n) is 3.52. The number of pyridine rings is 2. The maximum Gasteiger partial charge on any atom is 0.272 e. The minimum absolute atomic E-state index is 0.347. The van der Waals surface area contributed by atoms with Crippen molar-refractivity contribution in [3.8, 4) is 0 Å². The summed E-state index contributed by atoms with van der Waals surface area (Å²) in [7, 11) is 0. The van der Waals surface area contributed by atoms with Crippen LogP contribution in [0.25, 0.3) is 0 Å². The highest BCUT2D eigenvalue weighted by Crippen LogP contribution is 2.01. The van der Waals surface area contributed by atoms with E-state index in [1.54, 1.807) is 42.7 Å². The predicted molar refractivity (Wildman–Crippen MR) is 105 cm³/mol. The van der Waals surface area contributed by atoms with Gasteiger partial charge in [-0.1, -0.05) is 18.2 Å². The van der Waals surface area contributed by atoms with Crippen molar-refractivity contribution >= 4 is 24.2 Å². The van der Waals surface area contributed by atoms with E-state index >= 15 is 0 Å². The summed E-state index contributed by atoms with van der Waals surface area (Å²) in [5.74, 6) is -0.694. The van der Waals surface area contributed by atoms with Gasteiger partial charge in [0.25, 0.3) is 11.8 Å². The second kappa shape index (κ2) is 9.48. The first-order valence-electron chi connectivity index (χ1n) is 8.29. The third-order valence-corrected chi connectivity index (χ3v) is 3.52. The lowest BCUT2D eigenvalue weighted by molar-refractivity contribution is 0.0946. The van der Waals surface area contributed by atoms with Gasteiger partial charge in [0.2, 0.25) is 0 Å². The molecule has 0 aliphatic heterocycles. The summed E-state index contributed by atoms with van der Waals surface area (Å²) in [6.07, 6.45) is 9.13. The molecule has 2 amide bonds. The Kier molecular flexibility index (Phi) is 6.30. The Labute approximate surface area is 161 Å². The Balaban J connectivity index is 1.56. The first kappa shape index (κ1) is 18.6. The summed E-state index contributed by atoms with van der Waals surface area (Å²) in [4.78, 5) is 31.6. The molecule has 1 aromatic carbocycles. The molecule has 0 fully saturated rings. The monoisotopic (exact) mass is 372 g/mol. The average molecular weight is 372 g/mol. The molecule has 28 heavy (non-hydrogen) atoms. The van der Waals surface area contributed by atoms with Gasteiger partial charge in [-0.2, -0.15) is 10.2 Å². The summed E-state index contributed by atoms with van der Waals surface area (Å²) in [6, 6.07) is 13.9. The molecule has 138 valence electrons. The van der Waals surface area contributed by atoms with Crippen LogP contribution in [0.1, 0.15) is 31.8 Å². The highest BCUT2D eigenvalue weighted by atomic mass is 16.2. The van der Waals surface area contributed by atoms with E-state index in [4.69, 9.17) is 0 Å². The lowest BCUT2D eigenvalue weighted by atomic mass is 10.1. The molecule has 0 bridgehead atoms. The van der Waals surface area contributed by atoms with Gasteiger partial charge in [0.1, 0.15) is 0 Å². The molecule has 8 heteroatoms. The van der Waals surface area contributed by atoms with Crippen molar-refractivity contribution in [3.63, 3.8) is 0 Å². The van der Waals surface area contributed by atoms with Crippen molar-refractivity contribution in [3.05, 3.63) is 95.6 Å². The normalized spacial score (nSPS) is 10.9. The van der Waals surface area contributed by atoms with Crippen LogP contribution in [0.2, 0.25) is 0 Å². The molecule has 0 saturated heterocycles. The largest absolute Gasteiger partial charge is 0.272 e. The molecule has 0 radical (unpaired) electrons. The van der Waals surface area contributed by atoms with Crippen molar-refractivity contribution in [2.45, 2.75) is 0 Å². The van der Waals surface area contributed by atoms with Crippen LogP contribution in [0, 0.1) is 0 Å². The number of carbonyl (C=O) groups excluding carboxylic acids is 2. The standard InChI is InChI=1S/C20H16N6O2/c27-19(17-6-2-8-21-13-17)25-23-11-15-4-1-5-16(10-15)12-24-26-20(28)18-7-3-9-22-14-18/h1-14H,(H,25,27)(H,26,28). The maximum atomic E-state index is 11.9. The second-order valence-electron chi connectivity index (χ2n) is 5.55. The fourth-order valence-electron chi connectivity index (χ4n) is 2.17. The van der Waals surface area contributed by atoms with Crippen LogP contribution in [0.5, 0.6) is 0 Å². The van der Waals surface area contributed by atoms with Gasteiger partial charge in [0, 0.05) is 24.8 Å². The SMILES string of the molecule is O=C(NN=Cc1cccc(C=NNC(=O)c2cccnc2)c1)c1cccnc1. The number of amides is 2. The van der Waals surface area contributed by atoms with Crippen LogP contribution in [0.15, 0.2) is 83.5 Å². The van der Waals surface area contributed by atoms with Gasteiger partial charge in [-0.3, -0.25) is 19.6 Å². The first-order valence-corrected chi connectivity index (χ1v) is 8.29. The van der Waals surface area contributed by atoms with Crippen LogP contribution in [-0.4, -0.2) is 34.2 Å². The van der Waals surface area contributed by atoms with Crippen molar-refractivity contribution in [1.29, 1.82) is 0 Å². The Morgan fingerprint density at radius 1 is 0.750 bits per heavy atom. The summed E-state index contributed by atoms with van der Waals surface area (Å²) in [6.45, 7) is 0. The highest BCUT2D eigenvalue weighted by Gasteiger charge is 2.03. The molecule has 2 aromatic heterocycles. The molecule has 3 aromatic rings. The summed E-state index contributed by atoms with van der Waals surface area (Å²) < 4.78 is 0. The van der Waals surface area contributed by atoms with E-state index in [0.717, 1.165) is 11.1 Å². The van der Waals surface area contributed by atoms with E-state index < -0.39 is 0 Å². The van der Waals surface area contributed by atoms with Gasteiger partial charge in [0.15, 0.2) is 0 Å². The van der Waals surface area contributed by atoms with Gasteiger partial charge in [-0.05, 0) is 41.5 Å². The third kappa shape index (κ3) is 5.40.